The molecule has 0 spiro atoms. The largest absolute Gasteiger partial charge is 0.466 e. The normalized spacial score (nSPS) is 11.2. The van der Waals surface area contributed by atoms with Gasteiger partial charge in [-0.3, -0.25) is 0 Å². The summed E-state index contributed by atoms with van der Waals surface area (Å²) in [5.74, 6) is -0.244. The SMILES string of the molecule is CCCCCCCCCCCCCCCCC/C=C\C(=O)OC. The number of carbonyl (C=O) groups is 1. The van der Waals surface area contributed by atoms with Crippen molar-refractivity contribution in [3.8, 4) is 0 Å². The summed E-state index contributed by atoms with van der Waals surface area (Å²) in [6.45, 7) is 2.28. The van der Waals surface area contributed by atoms with Gasteiger partial charge in [-0.25, -0.2) is 4.79 Å². The van der Waals surface area contributed by atoms with Gasteiger partial charge in [0, 0.05) is 6.08 Å². The van der Waals surface area contributed by atoms with Crippen LogP contribution in [0.15, 0.2) is 12.2 Å². The molecule has 0 rings (SSSR count). The van der Waals surface area contributed by atoms with E-state index in [1.807, 2.05) is 6.08 Å². The Morgan fingerprint density at radius 3 is 1.48 bits per heavy atom. The van der Waals surface area contributed by atoms with Gasteiger partial charge in [0.05, 0.1) is 7.11 Å². The minimum absolute atomic E-state index is 0.244. The molecule has 0 aromatic heterocycles. The lowest BCUT2D eigenvalue weighted by atomic mass is 10.0. The van der Waals surface area contributed by atoms with Crippen molar-refractivity contribution in [3.63, 3.8) is 0 Å². The Labute approximate surface area is 145 Å². The number of carbonyl (C=O) groups excluding carboxylic acids is 1. The average molecular weight is 325 g/mol. The summed E-state index contributed by atoms with van der Waals surface area (Å²) in [6.07, 6.45) is 25.3. The van der Waals surface area contributed by atoms with Gasteiger partial charge in [0.1, 0.15) is 0 Å². The van der Waals surface area contributed by atoms with E-state index >= 15 is 0 Å². The second-order valence-electron chi connectivity index (χ2n) is 6.66. The molecule has 0 N–H and O–H groups in total. The Kier molecular flexibility index (Phi) is 18.6. The van der Waals surface area contributed by atoms with Crippen LogP contribution in [0.1, 0.15) is 110 Å². The third-order valence-electron chi connectivity index (χ3n) is 4.43. The summed E-state index contributed by atoms with van der Waals surface area (Å²) in [7, 11) is 1.42. The standard InChI is InChI=1S/C21H40O2/c1-3-4-5-6-7-8-9-10-11-12-13-14-15-16-17-18-19-20-21(22)23-2/h19-20H,3-18H2,1-2H3/b20-19-. The Morgan fingerprint density at radius 2 is 1.09 bits per heavy atom. The zero-order valence-corrected chi connectivity index (χ0v) is 15.8. The molecule has 0 aromatic carbocycles. The number of ether oxygens (including phenoxy) is 1. The van der Waals surface area contributed by atoms with E-state index in [9.17, 15) is 4.79 Å². The zero-order chi connectivity index (χ0) is 17.0. The first-order valence-corrected chi connectivity index (χ1v) is 10.1. The van der Waals surface area contributed by atoms with Crippen molar-refractivity contribution < 1.29 is 9.53 Å². The first-order chi connectivity index (χ1) is 11.3. The lowest BCUT2D eigenvalue weighted by Crippen LogP contribution is -1.93. The van der Waals surface area contributed by atoms with Crippen LogP contribution in [0.4, 0.5) is 0 Å². The number of unbranched alkanes of at least 4 members (excludes halogenated alkanes) is 15. The van der Waals surface area contributed by atoms with E-state index in [1.54, 1.807) is 0 Å². The van der Waals surface area contributed by atoms with E-state index in [0.717, 1.165) is 6.42 Å². The summed E-state index contributed by atoms with van der Waals surface area (Å²) in [5.41, 5.74) is 0. The molecule has 0 atom stereocenters. The Morgan fingerprint density at radius 1 is 0.696 bits per heavy atom. The summed E-state index contributed by atoms with van der Waals surface area (Å²) >= 11 is 0. The highest BCUT2D eigenvalue weighted by molar-refractivity contribution is 5.81. The van der Waals surface area contributed by atoms with Crippen LogP contribution in [-0.2, 0) is 9.53 Å². The van der Waals surface area contributed by atoms with E-state index in [4.69, 9.17) is 0 Å². The van der Waals surface area contributed by atoms with Gasteiger partial charge in [0.25, 0.3) is 0 Å². The number of hydrogen-bond donors (Lipinski definition) is 0. The molecule has 0 aliphatic heterocycles. The fraction of sp³-hybridized carbons (Fsp3) is 0.857. The van der Waals surface area contributed by atoms with E-state index in [-0.39, 0.29) is 5.97 Å². The minimum atomic E-state index is -0.244. The number of methoxy groups -OCH3 is 1. The Balaban J connectivity index is 3.05. The molecule has 2 nitrogen and oxygen atoms in total. The van der Waals surface area contributed by atoms with E-state index < -0.39 is 0 Å². The van der Waals surface area contributed by atoms with Gasteiger partial charge in [-0.15, -0.1) is 0 Å². The molecule has 0 radical (unpaired) electrons. The van der Waals surface area contributed by atoms with Crippen molar-refractivity contribution in [3.05, 3.63) is 12.2 Å². The zero-order valence-electron chi connectivity index (χ0n) is 15.8. The first-order valence-electron chi connectivity index (χ1n) is 10.1. The molecule has 136 valence electrons. The molecule has 0 aliphatic carbocycles. The molecule has 0 saturated carbocycles. The van der Waals surface area contributed by atoms with Gasteiger partial charge >= 0.3 is 5.97 Å². The predicted octanol–water partition coefficient (Wildman–Crippen LogP) is 6.98. The molecule has 0 bridgehead atoms. The Bertz CT molecular complexity index is 271. The third-order valence-corrected chi connectivity index (χ3v) is 4.43. The summed E-state index contributed by atoms with van der Waals surface area (Å²) < 4.78 is 4.55. The lowest BCUT2D eigenvalue weighted by Gasteiger charge is -2.03. The molecule has 0 amide bonds. The second kappa shape index (κ2) is 19.3. The molecule has 0 heterocycles. The minimum Gasteiger partial charge on any atom is -0.466 e. The van der Waals surface area contributed by atoms with Crippen LogP contribution in [0.5, 0.6) is 0 Å². The summed E-state index contributed by atoms with van der Waals surface area (Å²) in [4.78, 5) is 10.9. The van der Waals surface area contributed by atoms with Crippen LogP contribution in [0.25, 0.3) is 0 Å². The maximum absolute atomic E-state index is 10.9. The molecule has 2 heteroatoms. The summed E-state index contributed by atoms with van der Waals surface area (Å²) in [5, 5.41) is 0. The van der Waals surface area contributed by atoms with Gasteiger partial charge in [-0.2, -0.15) is 0 Å². The average Bonchev–Trinajstić information content (AvgIpc) is 2.57. The highest BCUT2D eigenvalue weighted by Crippen LogP contribution is 2.13. The van der Waals surface area contributed by atoms with Crippen molar-refractivity contribution in [2.45, 2.75) is 110 Å². The molecule has 0 fully saturated rings. The summed E-state index contributed by atoms with van der Waals surface area (Å²) in [6, 6.07) is 0. The number of esters is 1. The van der Waals surface area contributed by atoms with Gasteiger partial charge in [-0.05, 0) is 12.8 Å². The highest BCUT2D eigenvalue weighted by Gasteiger charge is 1.94. The van der Waals surface area contributed by atoms with E-state index in [0.29, 0.717) is 0 Å². The fourth-order valence-electron chi connectivity index (χ4n) is 2.88. The number of hydrogen-bond acceptors (Lipinski definition) is 2. The van der Waals surface area contributed by atoms with Crippen molar-refractivity contribution in [2.75, 3.05) is 7.11 Å². The van der Waals surface area contributed by atoms with E-state index in [1.165, 1.54) is 109 Å². The predicted molar refractivity (Wildman–Crippen MR) is 101 cm³/mol. The smallest absolute Gasteiger partial charge is 0.330 e. The maximum Gasteiger partial charge on any atom is 0.330 e. The van der Waals surface area contributed by atoms with Crippen molar-refractivity contribution in [1.29, 1.82) is 0 Å². The second-order valence-corrected chi connectivity index (χ2v) is 6.66. The molecular weight excluding hydrogens is 284 g/mol. The van der Waals surface area contributed by atoms with Crippen LogP contribution in [0.3, 0.4) is 0 Å². The van der Waals surface area contributed by atoms with Crippen molar-refractivity contribution in [2.24, 2.45) is 0 Å². The van der Waals surface area contributed by atoms with Gasteiger partial charge in [0.15, 0.2) is 0 Å². The molecular formula is C21H40O2. The Hall–Kier alpha value is -0.790. The molecule has 0 saturated heterocycles. The maximum atomic E-state index is 10.9. The molecule has 0 unspecified atom stereocenters. The van der Waals surface area contributed by atoms with Crippen LogP contribution < -0.4 is 0 Å². The molecule has 0 aromatic rings. The number of rotatable bonds is 17. The van der Waals surface area contributed by atoms with Gasteiger partial charge in [0.2, 0.25) is 0 Å². The number of allylic oxidation sites excluding steroid dienone is 1. The third kappa shape index (κ3) is 19.2. The fourth-order valence-corrected chi connectivity index (χ4v) is 2.88. The lowest BCUT2D eigenvalue weighted by molar-refractivity contribution is -0.134. The van der Waals surface area contributed by atoms with E-state index in [2.05, 4.69) is 11.7 Å². The van der Waals surface area contributed by atoms with Gasteiger partial charge < -0.3 is 4.74 Å². The van der Waals surface area contributed by atoms with Crippen LogP contribution in [0, 0.1) is 0 Å². The van der Waals surface area contributed by atoms with Gasteiger partial charge in [-0.1, -0.05) is 103 Å². The monoisotopic (exact) mass is 324 g/mol. The highest BCUT2D eigenvalue weighted by atomic mass is 16.5. The van der Waals surface area contributed by atoms with Crippen LogP contribution in [-0.4, -0.2) is 13.1 Å². The van der Waals surface area contributed by atoms with Crippen molar-refractivity contribution >= 4 is 5.97 Å². The quantitative estimate of drug-likeness (QED) is 0.164. The van der Waals surface area contributed by atoms with Crippen molar-refractivity contribution in [1.82, 2.24) is 0 Å². The van der Waals surface area contributed by atoms with Crippen LogP contribution in [0.2, 0.25) is 0 Å². The topological polar surface area (TPSA) is 26.3 Å². The first kappa shape index (κ1) is 22.2. The molecule has 0 aliphatic rings. The molecule has 23 heavy (non-hydrogen) atoms. The van der Waals surface area contributed by atoms with Crippen LogP contribution >= 0.6 is 0 Å².